The number of anilines is 1. The Bertz CT molecular complexity index is 837. The van der Waals surface area contributed by atoms with Gasteiger partial charge in [-0.25, -0.2) is 4.98 Å². The van der Waals surface area contributed by atoms with Crippen LogP contribution in [-0.2, 0) is 11.0 Å². The van der Waals surface area contributed by atoms with E-state index in [9.17, 15) is 18.0 Å². The van der Waals surface area contributed by atoms with E-state index < -0.39 is 11.7 Å². The van der Waals surface area contributed by atoms with Gasteiger partial charge in [-0.05, 0) is 36.8 Å². The number of carbonyl (C=O) groups is 1. The van der Waals surface area contributed by atoms with Gasteiger partial charge in [-0.15, -0.1) is 0 Å². The second-order valence-electron chi connectivity index (χ2n) is 5.91. The largest absolute Gasteiger partial charge is 0.493 e. The Morgan fingerprint density at radius 3 is 2.59 bits per heavy atom. The van der Waals surface area contributed by atoms with Crippen molar-refractivity contribution >= 4 is 17.8 Å². The second kappa shape index (κ2) is 10.4. The summed E-state index contributed by atoms with van der Waals surface area (Å²) in [4.78, 5) is 15.6. The molecule has 0 aliphatic rings. The smallest absolute Gasteiger partial charge is 0.417 e. The van der Waals surface area contributed by atoms with Crippen molar-refractivity contribution < 1.29 is 27.4 Å². The van der Waals surface area contributed by atoms with Crippen LogP contribution in [0.1, 0.15) is 18.1 Å². The molecule has 0 radical (unpaired) electrons. The molecule has 0 saturated carbocycles. The van der Waals surface area contributed by atoms with Crippen molar-refractivity contribution in [2.24, 2.45) is 0 Å². The molecule has 156 valence electrons. The zero-order valence-electron chi connectivity index (χ0n) is 16.0. The number of ether oxygens (including phenoxy) is 2. The maximum atomic E-state index is 12.5. The lowest BCUT2D eigenvalue weighted by atomic mass is 10.2. The zero-order valence-corrected chi connectivity index (χ0v) is 16.0. The van der Waals surface area contributed by atoms with Crippen LogP contribution in [0.4, 0.5) is 19.0 Å². The third kappa shape index (κ3) is 7.02. The number of pyridine rings is 1. The Labute approximate surface area is 166 Å². The van der Waals surface area contributed by atoms with Crippen LogP contribution in [0.3, 0.4) is 0 Å². The molecule has 1 aromatic carbocycles. The average Bonchev–Trinajstić information content (AvgIpc) is 2.70. The summed E-state index contributed by atoms with van der Waals surface area (Å²) in [5, 5.41) is 5.47. The molecule has 9 heteroatoms. The van der Waals surface area contributed by atoms with Gasteiger partial charge in [0.25, 0.3) is 5.91 Å². The Balaban J connectivity index is 1.74. The number of aromatic nitrogens is 1. The Morgan fingerprint density at radius 2 is 1.97 bits per heavy atom. The fourth-order valence-corrected chi connectivity index (χ4v) is 2.35. The Kier molecular flexibility index (Phi) is 7.88. The molecule has 1 aromatic heterocycles. The molecule has 1 amide bonds. The van der Waals surface area contributed by atoms with E-state index in [0.717, 1.165) is 17.8 Å². The summed E-state index contributed by atoms with van der Waals surface area (Å²) in [6, 6.07) is 7.54. The number of alkyl halides is 3. The van der Waals surface area contributed by atoms with Crippen LogP contribution in [0.15, 0.2) is 42.6 Å². The number of nitrogens with zero attached hydrogens (tertiary/aromatic N) is 1. The minimum absolute atomic E-state index is 0.197. The molecule has 0 spiro atoms. The van der Waals surface area contributed by atoms with Crippen molar-refractivity contribution in [2.45, 2.75) is 13.1 Å². The molecular weight excluding hydrogens is 387 g/mol. The van der Waals surface area contributed by atoms with Gasteiger partial charge in [-0.1, -0.05) is 18.2 Å². The van der Waals surface area contributed by atoms with Crippen LogP contribution in [0, 0.1) is 0 Å². The zero-order chi connectivity index (χ0) is 21.3. The van der Waals surface area contributed by atoms with E-state index in [0.29, 0.717) is 18.0 Å². The predicted octanol–water partition coefficient (Wildman–Crippen LogP) is 3.75. The van der Waals surface area contributed by atoms with Crippen molar-refractivity contribution in [3.8, 4) is 11.5 Å². The number of hydrogen-bond acceptors (Lipinski definition) is 5. The SMILES string of the molecule is C/C=C/c1ccc(OCC(=O)NCCNc2ccc(C(F)(F)F)cn2)c(OC)c1. The third-order valence-electron chi connectivity index (χ3n) is 3.75. The third-order valence-corrected chi connectivity index (χ3v) is 3.75. The standard InChI is InChI=1S/C20H22F3N3O3/c1-3-4-14-5-7-16(17(11-14)28-2)29-13-19(27)25-10-9-24-18-8-6-15(12-26-18)20(21,22)23/h3-8,11-12H,9-10,13H2,1-2H3,(H,24,26)(H,25,27)/b4-3+. The predicted molar refractivity (Wildman–Crippen MR) is 104 cm³/mol. The molecule has 0 aliphatic heterocycles. The molecule has 6 nitrogen and oxygen atoms in total. The lowest BCUT2D eigenvalue weighted by Gasteiger charge is -2.12. The number of benzene rings is 1. The van der Waals surface area contributed by atoms with Crippen molar-refractivity contribution in [3.05, 3.63) is 53.7 Å². The molecule has 2 rings (SSSR count). The molecule has 2 aromatic rings. The summed E-state index contributed by atoms with van der Waals surface area (Å²) >= 11 is 0. The molecule has 1 heterocycles. The number of allylic oxidation sites excluding steroid dienone is 1. The Hall–Kier alpha value is -3.23. The highest BCUT2D eigenvalue weighted by Crippen LogP contribution is 2.29. The van der Waals surface area contributed by atoms with E-state index in [1.54, 1.807) is 12.1 Å². The van der Waals surface area contributed by atoms with E-state index in [1.807, 2.05) is 25.1 Å². The van der Waals surface area contributed by atoms with E-state index in [4.69, 9.17) is 9.47 Å². The van der Waals surface area contributed by atoms with Crippen LogP contribution in [-0.4, -0.2) is 37.7 Å². The topological polar surface area (TPSA) is 72.5 Å². The fourth-order valence-electron chi connectivity index (χ4n) is 2.35. The fraction of sp³-hybridized carbons (Fsp3) is 0.300. The van der Waals surface area contributed by atoms with Gasteiger partial charge in [0.15, 0.2) is 18.1 Å². The lowest BCUT2D eigenvalue weighted by molar-refractivity contribution is -0.137. The summed E-state index contributed by atoms with van der Waals surface area (Å²) < 4.78 is 48.2. The van der Waals surface area contributed by atoms with Gasteiger partial charge in [-0.2, -0.15) is 13.2 Å². The van der Waals surface area contributed by atoms with E-state index in [2.05, 4.69) is 15.6 Å². The van der Waals surface area contributed by atoms with Crippen LogP contribution in [0.2, 0.25) is 0 Å². The molecule has 0 saturated heterocycles. The summed E-state index contributed by atoms with van der Waals surface area (Å²) in [6.45, 7) is 2.26. The summed E-state index contributed by atoms with van der Waals surface area (Å²) in [6.07, 6.45) is 0.146. The van der Waals surface area contributed by atoms with Gasteiger partial charge in [0, 0.05) is 19.3 Å². The van der Waals surface area contributed by atoms with Crippen LogP contribution in [0.5, 0.6) is 11.5 Å². The first-order valence-electron chi connectivity index (χ1n) is 8.81. The number of rotatable bonds is 9. The highest BCUT2D eigenvalue weighted by molar-refractivity contribution is 5.77. The first kappa shape index (κ1) is 22.1. The number of carbonyl (C=O) groups excluding carboxylic acids is 1. The Morgan fingerprint density at radius 1 is 1.17 bits per heavy atom. The van der Waals surface area contributed by atoms with E-state index >= 15 is 0 Å². The first-order valence-corrected chi connectivity index (χ1v) is 8.81. The number of hydrogen-bond donors (Lipinski definition) is 2. The van der Waals surface area contributed by atoms with E-state index in [1.165, 1.54) is 13.2 Å². The number of amides is 1. The van der Waals surface area contributed by atoms with Crippen LogP contribution >= 0.6 is 0 Å². The van der Waals surface area contributed by atoms with Crippen LogP contribution in [0.25, 0.3) is 6.08 Å². The second-order valence-corrected chi connectivity index (χ2v) is 5.91. The highest BCUT2D eigenvalue weighted by Gasteiger charge is 2.30. The van der Waals surface area contributed by atoms with Gasteiger partial charge in [-0.3, -0.25) is 4.79 Å². The van der Waals surface area contributed by atoms with Gasteiger partial charge < -0.3 is 20.1 Å². The summed E-state index contributed by atoms with van der Waals surface area (Å²) in [7, 11) is 1.52. The number of methoxy groups -OCH3 is 1. The number of halogens is 3. The quantitative estimate of drug-likeness (QED) is 0.618. The lowest BCUT2D eigenvalue weighted by Crippen LogP contribution is -2.32. The number of nitrogens with one attached hydrogen (secondary N) is 2. The van der Waals surface area contributed by atoms with E-state index in [-0.39, 0.29) is 24.9 Å². The van der Waals surface area contributed by atoms with Crippen molar-refractivity contribution in [3.63, 3.8) is 0 Å². The molecule has 0 bridgehead atoms. The minimum atomic E-state index is -4.42. The molecule has 29 heavy (non-hydrogen) atoms. The highest BCUT2D eigenvalue weighted by atomic mass is 19.4. The summed E-state index contributed by atoms with van der Waals surface area (Å²) in [5.74, 6) is 0.910. The van der Waals surface area contributed by atoms with Crippen LogP contribution < -0.4 is 20.1 Å². The average molecular weight is 409 g/mol. The van der Waals surface area contributed by atoms with Gasteiger partial charge in [0.05, 0.1) is 12.7 Å². The molecular formula is C20H22F3N3O3. The molecule has 0 aliphatic carbocycles. The van der Waals surface area contributed by atoms with Gasteiger partial charge >= 0.3 is 6.18 Å². The summed E-state index contributed by atoms with van der Waals surface area (Å²) in [5.41, 5.74) is 0.131. The first-order chi connectivity index (χ1) is 13.8. The van der Waals surface area contributed by atoms with Gasteiger partial charge in [0.1, 0.15) is 5.82 Å². The van der Waals surface area contributed by atoms with Crippen molar-refractivity contribution in [1.82, 2.24) is 10.3 Å². The molecule has 0 atom stereocenters. The molecule has 2 N–H and O–H groups in total. The van der Waals surface area contributed by atoms with Gasteiger partial charge in [0.2, 0.25) is 0 Å². The maximum Gasteiger partial charge on any atom is 0.417 e. The molecule has 0 fully saturated rings. The monoisotopic (exact) mass is 409 g/mol. The van der Waals surface area contributed by atoms with Crippen molar-refractivity contribution in [1.29, 1.82) is 0 Å². The minimum Gasteiger partial charge on any atom is -0.493 e. The molecule has 0 unspecified atom stereocenters. The normalized spacial score (nSPS) is 11.3. The maximum absolute atomic E-state index is 12.5. The van der Waals surface area contributed by atoms with Crippen molar-refractivity contribution in [2.75, 3.05) is 32.1 Å².